The van der Waals surface area contributed by atoms with E-state index < -0.39 is 5.97 Å². The Morgan fingerprint density at radius 1 is 0.756 bits per heavy atom. The molecule has 1 N–H and O–H groups in total. The van der Waals surface area contributed by atoms with Gasteiger partial charge in [-0.3, -0.25) is 9.59 Å². The number of hydrogen-bond acceptors (Lipinski definition) is 7. The van der Waals surface area contributed by atoms with Crippen LogP contribution in [-0.4, -0.2) is 43.0 Å². The van der Waals surface area contributed by atoms with Crippen molar-refractivity contribution < 1.29 is 28.5 Å². The molecule has 0 saturated heterocycles. The van der Waals surface area contributed by atoms with E-state index in [1.54, 1.807) is 56.3 Å². The number of rotatable bonds is 9. The van der Waals surface area contributed by atoms with Gasteiger partial charge >= 0.3 is 5.97 Å². The Morgan fingerprint density at radius 2 is 1.42 bits per heavy atom. The van der Waals surface area contributed by atoms with Gasteiger partial charge in [-0.2, -0.15) is 9.78 Å². The van der Waals surface area contributed by atoms with Crippen molar-refractivity contribution in [3.63, 3.8) is 0 Å². The lowest BCUT2D eigenvalue weighted by atomic mass is 10.00. The third-order valence-electron chi connectivity index (χ3n) is 7.44. The zero-order valence-electron chi connectivity index (χ0n) is 26.3. The van der Waals surface area contributed by atoms with Crippen LogP contribution in [0.5, 0.6) is 23.1 Å². The maximum atomic E-state index is 13.0. The average Bonchev–Trinajstić information content (AvgIpc) is 3.39. The van der Waals surface area contributed by atoms with Gasteiger partial charge in [-0.15, -0.1) is 0 Å². The Bertz CT molecular complexity index is 1870. The summed E-state index contributed by atoms with van der Waals surface area (Å²) < 4.78 is 24.4. The van der Waals surface area contributed by atoms with E-state index in [0.29, 0.717) is 50.9 Å². The van der Waals surface area contributed by atoms with Crippen molar-refractivity contribution in [2.24, 2.45) is 0 Å². The quantitative estimate of drug-likeness (QED) is 0.176. The number of aromatic nitrogens is 2. The number of nitrogens with zero attached hydrogens (tertiary/aromatic N) is 2. The van der Waals surface area contributed by atoms with E-state index in [4.69, 9.17) is 24.0 Å². The van der Waals surface area contributed by atoms with Crippen LogP contribution < -0.4 is 24.3 Å². The Balaban J connectivity index is 1.72. The first kappa shape index (κ1) is 30.9. The lowest BCUT2D eigenvalue weighted by Gasteiger charge is -2.14. The van der Waals surface area contributed by atoms with Crippen LogP contribution in [0.1, 0.15) is 34.0 Å². The van der Waals surface area contributed by atoms with Gasteiger partial charge in [0.1, 0.15) is 5.69 Å². The molecule has 0 saturated carbocycles. The summed E-state index contributed by atoms with van der Waals surface area (Å²) in [6.07, 6.45) is 0. The second-order valence-electron chi connectivity index (χ2n) is 10.6. The van der Waals surface area contributed by atoms with Crippen molar-refractivity contribution in [1.29, 1.82) is 0 Å². The van der Waals surface area contributed by atoms with Crippen LogP contribution in [0.3, 0.4) is 0 Å². The van der Waals surface area contributed by atoms with Gasteiger partial charge in [-0.05, 0) is 79.4 Å². The van der Waals surface area contributed by atoms with Gasteiger partial charge in [0.05, 0.1) is 32.6 Å². The highest BCUT2D eigenvalue weighted by atomic mass is 16.5. The molecule has 1 heterocycles. The van der Waals surface area contributed by atoms with Crippen molar-refractivity contribution in [2.75, 3.05) is 26.6 Å². The summed E-state index contributed by atoms with van der Waals surface area (Å²) in [5, 5.41) is 7.99. The van der Waals surface area contributed by atoms with E-state index in [1.165, 1.54) is 6.92 Å². The van der Waals surface area contributed by atoms with E-state index in [2.05, 4.69) is 5.32 Å². The van der Waals surface area contributed by atoms with Crippen molar-refractivity contribution in [2.45, 2.75) is 27.7 Å². The van der Waals surface area contributed by atoms with Crippen LogP contribution in [0.15, 0.2) is 78.9 Å². The first-order chi connectivity index (χ1) is 21.6. The Morgan fingerprint density at radius 3 is 2.02 bits per heavy atom. The molecular weight excluding hydrogens is 570 g/mol. The summed E-state index contributed by atoms with van der Waals surface area (Å²) in [5.74, 6) is 0.873. The van der Waals surface area contributed by atoms with Gasteiger partial charge in [-0.25, -0.2) is 0 Å². The van der Waals surface area contributed by atoms with Crippen molar-refractivity contribution >= 4 is 17.6 Å². The summed E-state index contributed by atoms with van der Waals surface area (Å²) in [7, 11) is 4.63. The molecule has 0 atom stereocenters. The minimum Gasteiger partial charge on any atom is -0.493 e. The van der Waals surface area contributed by atoms with Crippen LogP contribution >= 0.6 is 0 Å². The van der Waals surface area contributed by atoms with E-state index in [-0.39, 0.29) is 11.8 Å². The number of nitrogens with one attached hydrogen (secondary N) is 1. The van der Waals surface area contributed by atoms with Crippen molar-refractivity contribution in [3.05, 3.63) is 101 Å². The molecule has 0 bridgehead atoms. The molecular formula is C36H35N3O6. The van der Waals surface area contributed by atoms with E-state index in [1.807, 2.05) is 69.3 Å². The van der Waals surface area contributed by atoms with Crippen LogP contribution in [-0.2, 0) is 4.79 Å². The Hall–Kier alpha value is -5.57. The molecule has 5 rings (SSSR count). The molecule has 0 unspecified atom stereocenters. The van der Waals surface area contributed by atoms with Gasteiger partial charge in [0.2, 0.25) is 11.6 Å². The topological polar surface area (TPSA) is 101 Å². The fourth-order valence-electron chi connectivity index (χ4n) is 5.17. The maximum absolute atomic E-state index is 13.0. The normalized spacial score (nSPS) is 10.7. The lowest BCUT2D eigenvalue weighted by Crippen LogP contribution is -2.13. The van der Waals surface area contributed by atoms with Crippen LogP contribution in [0.2, 0.25) is 0 Å². The molecule has 45 heavy (non-hydrogen) atoms. The molecule has 0 fully saturated rings. The molecule has 4 aromatic carbocycles. The third-order valence-corrected chi connectivity index (χ3v) is 7.44. The maximum Gasteiger partial charge on any atom is 0.309 e. The molecule has 0 aliphatic rings. The van der Waals surface area contributed by atoms with E-state index >= 15 is 0 Å². The molecule has 0 spiro atoms. The number of hydrogen-bond donors (Lipinski definition) is 1. The standard InChI is InChI=1S/C36H35N3O6/c1-21-12-13-23(3)29(18-21)39-36(45-24(4)40)32(33(38-39)26-19-30(42-5)34(44-7)31(20-26)43-6)25-14-16-27(17-15-25)37-35(41)28-11-9-8-10-22(28)2/h8-20H,1-7H3,(H,37,41). The van der Waals surface area contributed by atoms with Gasteiger partial charge in [-0.1, -0.05) is 42.5 Å². The van der Waals surface area contributed by atoms with Crippen molar-refractivity contribution in [1.82, 2.24) is 9.78 Å². The number of carbonyl (C=O) groups excluding carboxylic acids is 2. The number of benzene rings is 4. The summed E-state index contributed by atoms with van der Waals surface area (Å²) in [6, 6.07) is 24.3. The second-order valence-corrected chi connectivity index (χ2v) is 10.6. The smallest absolute Gasteiger partial charge is 0.309 e. The monoisotopic (exact) mass is 605 g/mol. The Kier molecular flexibility index (Phi) is 8.90. The first-order valence-electron chi connectivity index (χ1n) is 14.3. The van der Waals surface area contributed by atoms with Gasteiger partial charge in [0.15, 0.2) is 11.5 Å². The number of esters is 1. The molecule has 5 aromatic rings. The zero-order valence-corrected chi connectivity index (χ0v) is 26.3. The molecule has 1 amide bonds. The predicted molar refractivity (Wildman–Crippen MR) is 174 cm³/mol. The number of amides is 1. The van der Waals surface area contributed by atoms with Gasteiger partial charge < -0.3 is 24.3 Å². The number of methoxy groups -OCH3 is 3. The summed E-state index contributed by atoms with van der Waals surface area (Å²) in [6.45, 7) is 7.21. The predicted octanol–water partition coefficient (Wildman–Crippen LogP) is 7.33. The van der Waals surface area contributed by atoms with E-state index in [0.717, 1.165) is 22.4 Å². The first-order valence-corrected chi connectivity index (χ1v) is 14.3. The van der Waals surface area contributed by atoms with Crippen molar-refractivity contribution in [3.8, 4) is 51.2 Å². The number of ether oxygens (including phenoxy) is 4. The summed E-state index contributed by atoms with van der Waals surface area (Å²) in [5.41, 5.74) is 7.24. The molecule has 0 aliphatic carbocycles. The Labute approximate surface area is 262 Å². The molecule has 0 aliphatic heterocycles. The minimum absolute atomic E-state index is 0.206. The van der Waals surface area contributed by atoms with E-state index in [9.17, 15) is 9.59 Å². The van der Waals surface area contributed by atoms with Crippen LogP contribution in [0, 0.1) is 20.8 Å². The molecule has 1 aromatic heterocycles. The molecule has 230 valence electrons. The SMILES string of the molecule is COc1cc(-c2nn(-c3cc(C)ccc3C)c(OC(C)=O)c2-c2ccc(NC(=O)c3ccccc3C)cc2)cc(OC)c1OC. The van der Waals surface area contributed by atoms with Crippen LogP contribution in [0.25, 0.3) is 28.1 Å². The van der Waals surface area contributed by atoms with Crippen LogP contribution in [0.4, 0.5) is 5.69 Å². The number of aryl methyl sites for hydroxylation is 3. The average molecular weight is 606 g/mol. The van der Waals surface area contributed by atoms with Gasteiger partial charge in [0, 0.05) is 23.7 Å². The molecule has 9 heteroatoms. The fraction of sp³-hybridized carbons (Fsp3) is 0.194. The minimum atomic E-state index is -0.499. The lowest BCUT2D eigenvalue weighted by molar-refractivity contribution is -0.132. The number of carbonyl (C=O) groups is 2. The van der Waals surface area contributed by atoms with Gasteiger partial charge in [0.25, 0.3) is 5.91 Å². The highest BCUT2D eigenvalue weighted by molar-refractivity contribution is 6.05. The fourth-order valence-corrected chi connectivity index (χ4v) is 5.17. The molecule has 9 nitrogen and oxygen atoms in total. The largest absolute Gasteiger partial charge is 0.493 e. The summed E-state index contributed by atoms with van der Waals surface area (Å²) >= 11 is 0. The summed E-state index contributed by atoms with van der Waals surface area (Å²) in [4.78, 5) is 25.5. The third kappa shape index (κ3) is 6.24. The highest BCUT2D eigenvalue weighted by Crippen LogP contribution is 2.46. The molecule has 0 radical (unpaired) electrons. The zero-order chi connectivity index (χ0) is 32.2. The highest BCUT2D eigenvalue weighted by Gasteiger charge is 2.27. The second kappa shape index (κ2) is 13.0. The number of anilines is 1.